The SMILES string of the molecule is O=C([O-])CC(C(=O)O)c1cccc2ccccc12.[Na+]. The summed E-state index contributed by atoms with van der Waals surface area (Å²) in [6.07, 6.45) is -0.524. The fourth-order valence-corrected chi connectivity index (χ4v) is 2.05. The maximum atomic E-state index is 11.2. The Morgan fingerprint density at radius 3 is 2.37 bits per heavy atom. The minimum absolute atomic E-state index is 0. The number of hydrogen-bond donors (Lipinski definition) is 1. The number of carbonyl (C=O) groups excluding carboxylic acids is 1. The topological polar surface area (TPSA) is 77.4 Å². The molecule has 0 aliphatic carbocycles. The van der Waals surface area contributed by atoms with E-state index in [-0.39, 0.29) is 29.6 Å². The maximum Gasteiger partial charge on any atom is 1.00 e. The molecular formula is C14H11NaO4. The van der Waals surface area contributed by atoms with Gasteiger partial charge in [-0.05, 0) is 16.3 Å². The number of carbonyl (C=O) groups is 2. The maximum absolute atomic E-state index is 11.2. The second-order valence-corrected chi connectivity index (χ2v) is 4.04. The van der Waals surface area contributed by atoms with Crippen molar-refractivity contribution in [2.24, 2.45) is 0 Å². The van der Waals surface area contributed by atoms with Gasteiger partial charge >= 0.3 is 35.5 Å². The first kappa shape index (κ1) is 15.7. The van der Waals surface area contributed by atoms with E-state index in [4.69, 9.17) is 5.11 Å². The summed E-state index contributed by atoms with van der Waals surface area (Å²) in [5.41, 5.74) is 0.504. The Hall–Kier alpha value is -1.36. The van der Waals surface area contributed by atoms with Gasteiger partial charge in [0.25, 0.3) is 0 Å². The van der Waals surface area contributed by atoms with Crippen LogP contribution in [0.15, 0.2) is 42.5 Å². The summed E-state index contributed by atoms with van der Waals surface area (Å²) < 4.78 is 0. The molecule has 0 saturated carbocycles. The third-order valence-corrected chi connectivity index (χ3v) is 2.87. The standard InChI is InChI=1S/C14H12O4.Na/c15-13(16)8-12(14(17)18)11-7-3-5-9-4-1-2-6-10(9)11;/h1-7,12H,8H2,(H,15,16)(H,17,18);/q;+1/p-1. The van der Waals surface area contributed by atoms with Crippen molar-refractivity contribution >= 4 is 22.7 Å². The van der Waals surface area contributed by atoms with Crippen LogP contribution in [0.3, 0.4) is 0 Å². The Morgan fingerprint density at radius 2 is 1.74 bits per heavy atom. The molecular weight excluding hydrogens is 255 g/mol. The van der Waals surface area contributed by atoms with Crippen molar-refractivity contribution in [1.29, 1.82) is 0 Å². The van der Waals surface area contributed by atoms with E-state index in [1.54, 1.807) is 24.3 Å². The predicted octanol–water partition coefficient (Wildman–Crippen LogP) is -1.85. The Labute approximate surface area is 132 Å². The van der Waals surface area contributed by atoms with Crippen molar-refractivity contribution in [3.05, 3.63) is 48.0 Å². The number of carboxylic acids is 2. The third-order valence-electron chi connectivity index (χ3n) is 2.87. The molecule has 2 aromatic carbocycles. The van der Waals surface area contributed by atoms with Gasteiger partial charge in [-0.2, -0.15) is 0 Å². The normalized spacial score (nSPS) is 11.6. The Kier molecular flexibility index (Phi) is 5.54. The molecule has 0 radical (unpaired) electrons. The summed E-state index contributed by atoms with van der Waals surface area (Å²) in [6.45, 7) is 0. The third kappa shape index (κ3) is 3.56. The number of hydrogen-bond acceptors (Lipinski definition) is 3. The number of benzene rings is 2. The molecule has 0 heterocycles. The van der Waals surface area contributed by atoms with Crippen LogP contribution in [0.2, 0.25) is 0 Å². The van der Waals surface area contributed by atoms with E-state index in [1.807, 2.05) is 18.2 Å². The number of fused-ring (bicyclic) bond motifs is 1. The molecule has 0 aliphatic heterocycles. The van der Waals surface area contributed by atoms with Crippen molar-refractivity contribution in [3.8, 4) is 0 Å². The molecule has 19 heavy (non-hydrogen) atoms. The van der Waals surface area contributed by atoms with Crippen molar-refractivity contribution in [1.82, 2.24) is 0 Å². The molecule has 2 aromatic rings. The van der Waals surface area contributed by atoms with Crippen LogP contribution in [-0.4, -0.2) is 17.0 Å². The van der Waals surface area contributed by atoms with Gasteiger partial charge in [-0.3, -0.25) is 4.79 Å². The van der Waals surface area contributed by atoms with Gasteiger partial charge in [0.15, 0.2) is 0 Å². The van der Waals surface area contributed by atoms with E-state index < -0.39 is 24.3 Å². The molecule has 4 nitrogen and oxygen atoms in total. The van der Waals surface area contributed by atoms with Gasteiger partial charge in [0.05, 0.1) is 5.92 Å². The van der Waals surface area contributed by atoms with E-state index in [9.17, 15) is 14.7 Å². The summed E-state index contributed by atoms with van der Waals surface area (Å²) in [4.78, 5) is 21.8. The van der Waals surface area contributed by atoms with Gasteiger partial charge in [-0.1, -0.05) is 42.5 Å². The summed E-state index contributed by atoms with van der Waals surface area (Å²) >= 11 is 0. The second-order valence-electron chi connectivity index (χ2n) is 4.04. The first-order chi connectivity index (χ1) is 8.59. The molecule has 0 aromatic heterocycles. The Balaban J connectivity index is 0.00000180. The zero-order valence-electron chi connectivity index (χ0n) is 10.5. The van der Waals surface area contributed by atoms with Crippen LogP contribution in [0.1, 0.15) is 17.9 Å². The second kappa shape index (κ2) is 6.70. The summed E-state index contributed by atoms with van der Waals surface area (Å²) in [6, 6.07) is 12.5. The van der Waals surface area contributed by atoms with Crippen LogP contribution in [0.4, 0.5) is 0 Å². The van der Waals surface area contributed by atoms with Crippen LogP contribution >= 0.6 is 0 Å². The number of carboxylic acid groups (broad SMARTS) is 2. The zero-order valence-corrected chi connectivity index (χ0v) is 12.5. The van der Waals surface area contributed by atoms with Gasteiger partial charge in [-0.15, -0.1) is 0 Å². The monoisotopic (exact) mass is 266 g/mol. The molecule has 92 valence electrons. The van der Waals surface area contributed by atoms with Crippen molar-refractivity contribution in [2.75, 3.05) is 0 Å². The van der Waals surface area contributed by atoms with Crippen molar-refractivity contribution in [2.45, 2.75) is 12.3 Å². The minimum Gasteiger partial charge on any atom is -0.550 e. The summed E-state index contributed by atoms with van der Waals surface area (Å²) in [7, 11) is 0. The van der Waals surface area contributed by atoms with E-state index >= 15 is 0 Å². The first-order valence-electron chi connectivity index (χ1n) is 5.50. The molecule has 0 spiro atoms. The molecule has 1 atom stereocenters. The largest absolute Gasteiger partial charge is 1.00 e. The van der Waals surface area contributed by atoms with Gasteiger partial charge in [0, 0.05) is 12.4 Å². The van der Waals surface area contributed by atoms with Crippen molar-refractivity contribution < 1.29 is 49.4 Å². The Morgan fingerprint density at radius 1 is 1.11 bits per heavy atom. The molecule has 2 rings (SSSR count). The fourth-order valence-electron chi connectivity index (χ4n) is 2.05. The van der Waals surface area contributed by atoms with Gasteiger partial charge < -0.3 is 15.0 Å². The molecule has 5 heteroatoms. The van der Waals surface area contributed by atoms with Crippen LogP contribution in [0.25, 0.3) is 10.8 Å². The number of aliphatic carboxylic acids is 2. The van der Waals surface area contributed by atoms with Crippen LogP contribution < -0.4 is 34.7 Å². The molecule has 0 bridgehead atoms. The van der Waals surface area contributed by atoms with E-state index in [0.717, 1.165) is 10.8 Å². The average molecular weight is 266 g/mol. The molecule has 0 amide bonds. The molecule has 0 saturated heterocycles. The van der Waals surface area contributed by atoms with E-state index in [2.05, 4.69) is 0 Å². The minimum atomic E-state index is -1.37. The first-order valence-corrected chi connectivity index (χ1v) is 5.50. The average Bonchev–Trinajstić information content (AvgIpc) is 2.35. The Bertz CT molecular complexity index is 604. The molecule has 1 unspecified atom stereocenters. The summed E-state index contributed by atoms with van der Waals surface area (Å²) in [5.74, 6) is -3.60. The van der Waals surface area contributed by atoms with Crippen LogP contribution in [0, 0.1) is 0 Å². The van der Waals surface area contributed by atoms with Gasteiger partial charge in [0.2, 0.25) is 0 Å². The molecule has 0 aliphatic rings. The molecule has 0 fully saturated rings. The van der Waals surface area contributed by atoms with Gasteiger partial charge in [0.1, 0.15) is 0 Å². The smallest absolute Gasteiger partial charge is 0.550 e. The zero-order chi connectivity index (χ0) is 13.1. The van der Waals surface area contributed by atoms with E-state index in [1.165, 1.54) is 0 Å². The van der Waals surface area contributed by atoms with E-state index in [0.29, 0.717) is 5.56 Å². The quantitative estimate of drug-likeness (QED) is 0.659. The molecule has 1 N–H and O–H groups in total. The number of rotatable bonds is 4. The summed E-state index contributed by atoms with van der Waals surface area (Å²) in [5, 5.41) is 21.4. The van der Waals surface area contributed by atoms with Crippen LogP contribution in [0.5, 0.6) is 0 Å². The van der Waals surface area contributed by atoms with Crippen molar-refractivity contribution in [3.63, 3.8) is 0 Å². The predicted molar refractivity (Wildman–Crippen MR) is 63.9 cm³/mol. The van der Waals surface area contributed by atoms with Crippen LogP contribution in [-0.2, 0) is 9.59 Å². The fraction of sp³-hybridized carbons (Fsp3) is 0.143. The van der Waals surface area contributed by atoms with Gasteiger partial charge in [-0.25, -0.2) is 0 Å².